The first kappa shape index (κ1) is 10.7. The Balaban J connectivity index is 2.71. The Hall–Kier alpha value is -1.40. The number of amides is 1. The second-order valence-corrected chi connectivity index (χ2v) is 2.67. The van der Waals surface area contributed by atoms with E-state index in [1.54, 1.807) is 6.20 Å². The van der Waals surface area contributed by atoms with E-state index in [9.17, 15) is 4.79 Å². The van der Waals surface area contributed by atoms with Crippen LogP contribution in [0.5, 0.6) is 0 Å². The number of hydrogen-bond acceptors (Lipinski definition) is 4. The third-order valence-corrected chi connectivity index (χ3v) is 1.57. The summed E-state index contributed by atoms with van der Waals surface area (Å²) in [5.74, 6) is 0.198. The summed E-state index contributed by atoms with van der Waals surface area (Å²) in [6.45, 7) is 1.41. The van der Waals surface area contributed by atoms with E-state index in [0.717, 1.165) is 0 Å². The average Bonchev–Trinajstić information content (AvgIpc) is 2.54. The molecular formula is C8H13N3O3. The summed E-state index contributed by atoms with van der Waals surface area (Å²) in [6.07, 6.45) is 1.05. The minimum atomic E-state index is -0.495. The van der Waals surface area contributed by atoms with Gasteiger partial charge in [0.25, 0.3) is 0 Å². The first-order valence-electron chi connectivity index (χ1n) is 4.05. The van der Waals surface area contributed by atoms with Crippen LogP contribution < -0.4 is 5.32 Å². The molecule has 1 aromatic rings. The Kier molecular flexibility index (Phi) is 3.61. The molecule has 2 N–H and O–H groups in total. The molecule has 0 unspecified atom stereocenters. The van der Waals surface area contributed by atoms with Gasteiger partial charge >= 0.3 is 0 Å². The van der Waals surface area contributed by atoms with Gasteiger partial charge in [-0.3, -0.25) is 10.1 Å². The number of ether oxygens (including phenoxy) is 2. The van der Waals surface area contributed by atoms with E-state index in [1.807, 2.05) is 0 Å². The van der Waals surface area contributed by atoms with Crippen molar-refractivity contribution in [2.75, 3.05) is 19.5 Å². The van der Waals surface area contributed by atoms with Crippen LogP contribution in [0.25, 0.3) is 0 Å². The molecule has 0 spiro atoms. The number of aromatic nitrogens is 2. The van der Waals surface area contributed by atoms with Gasteiger partial charge in [0, 0.05) is 21.1 Å². The molecule has 1 aromatic heterocycles. The average molecular weight is 199 g/mol. The summed E-state index contributed by atoms with van der Waals surface area (Å²) in [4.78, 5) is 17.5. The zero-order valence-electron chi connectivity index (χ0n) is 8.33. The van der Waals surface area contributed by atoms with Crippen LogP contribution in [0.4, 0.5) is 5.95 Å². The van der Waals surface area contributed by atoms with E-state index in [4.69, 9.17) is 9.47 Å². The van der Waals surface area contributed by atoms with Crippen molar-refractivity contribution < 1.29 is 14.3 Å². The van der Waals surface area contributed by atoms with Gasteiger partial charge in [-0.2, -0.15) is 0 Å². The Morgan fingerprint density at radius 3 is 2.71 bits per heavy atom. The highest BCUT2D eigenvalue weighted by molar-refractivity contribution is 5.86. The van der Waals surface area contributed by atoms with Crippen LogP contribution in [0.3, 0.4) is 0 Å². The highest BCUT2D eigenvalue weighted by Crippen LogP contribution is 2.15. The minimum Gasteiger partial charge on any atom is -0.350 e. The van der Waals surface area contributed by atoms with E-state index in [0.29, 0.717) is 11.6 Å². The van der Waals surface area contributed by atoms with Crippen molar-refractivity contribution in [1.29, 1.82) is 0 Å². The third kappa shape index (κ3) is 2.54. The molecule has 14 heavy (non-hydrogen) atoms. The van der Waals surface area contributed by atoms with Gasteiger partial charge in [-0.25, -0.2) is 4.98 Å². The van der Waals surface area contributed by atoms with Crippen LogP contribution in [-0.4, -0.2) is 30.1 Å². The van der Waals surface area contributed by atoms with Crippen LogP contribution in [0.15, 0.2) is 6.20 Å². The summed E-state index contributed by atoms with van der Waals surface area (Å²) in [6, 6.07) is 0. The van der Waals surface area contributed by atoms with Crippen molar-refractivity contribution >= 4 is 11.9 Å². The van der Waals surface area contributed by atoms with Gasteiger partial charge < -0.3 is 14.5 Å². The molecule has 0 atom stereocenters. The quantitative estimate of drug-likeness (QED) is 0.698. The minimum absolute atomic E-state index is 0.183. The number of rotatable bonds is 4. The molecule has 78 valence electrons. The fraction of sp³-hybridized carbons (Fsp3) is 0.500. The molecule has 6 heteroatoms. The Morgan fingerprint density at radius 2 is 2.21 bits per heavy atom. The second-order valence-electron chi connectivity index (χ2n) is 2.67. The number of methoxy groups -OCH3 is 2. The predicted octanol–water partition coefficient (Wildman–Crippen LogP) is 0.659. The number of imidazole rings is 1. The first-order chi connectivity index (χ1) is 6.67. The summed E-state index contributed by atoms with van der Waals surface area (Å²) in [5.41, 5.74) is 0.652. The first-order valence-corrected chi connectivity index (χ1v) is 4.05. The highest BCUT2D eigenvalue weighted by atomic mass is 16.7. The topological polar surface area (TPSA) is 76.2 Å². The maximum absolute atomic E-state index is 10.7. The number of carbonyl (C=O) groups excluding carboxylic acids is 1. The lowest BCUT2D eigenvalue weighted by molar-refractivity contribution is -0.114. The second kappa shape index (κ2) is 4.73. The van der Waals surface area contributed by atoms with E-state index in [-0.39, 0.29) is 5.91 Å². The Bertz CT molecular complexity index is 307. The van der Waals surface area contributed by atoms with Crippen LogP contribution in [0.2, 0.25) is 0 Å². The smallest absolute Gasteiger partial charge is 0.223 e. The maximum Gasteiger partial charge on any atom is 0.223 e. The summed E-state index contributed by atoms with van der Waals surface area (Å²) in [5, 5.41) is 2.51. The van der Waals surface area contributed by atoms with Crippen molar-refractivity contribution in [2.24, 2.45) is 0 Å². The van der Waals surface area contributed by atoms with Crippen LogP contribution >= 0.6 is 0 Å². The largest absolute Gasteiger partial charge is 0.350 e. The molecule has 0 aliphatic carbocycles. The number of anilines is 1. The number of nitrogens with zero attached hydrogens (tertiary/aromatic N) is 1. The zero-order valence-corrected chi connectivity index (χ0v) is 8.33. The number of carbonyl (C=O) groups is 1. The Labute approximate surface area is 81.6 Å². The molecule has 0 bridgehead atoms. The van der Waals surface area contributed by atoms with Gasteiger partial charge in [0.15, 0.2) is 6.29 Å². The van der Waals surface area contributed by atoms with E-state index in [1.165, 1.54) is 21.1 Å². The summed E-state index contributed by atoms with van der Waals surface area (Å²) in [7, 11) is 3.04. The fourth-order valence-corrected chi connectivity index (χ4v) is 1.04. The molecule has 0 saturated heterocycles. The van der Waals surface area contributed by atoms with Gasteiger partial charge in [0.2, 0.25) is 11.9 Å². The van der Waals surface area contributed by atoms with Gasteiger partial charge in [-0.05, 0) is 0 Å². The lowest BCUT2D eigenvalue weighted by atomic mass is 10.5. The molecule has 1 rings (SSSR count). The van der Waals surface area contributed by atoms with Gasteiger partial charge in [-0.1, -0.05) is 0 Å². The normalized spacial score (nSPS) is 10.6. The predicted molar refractivity (Wildman–Crippen MR) is 49.7 cm³/mol. The molecule has 0 fully saturated rings. The van der Waals surface area contributed by atoms with E-state index in [2.05, 4.69) is 15.3 Å². The Morgan fingerprint density at radius 1 is 1.57 bits per heavy atom. The zero-order chi connectivity index (χ0) is 10.6. The monoisotopic (exact) mass is 199 g/mol. The SMILES string of the molecule is COC(OC)c1cnc(NC(C)=O)[nH]1. The molecule has 0 aromatic carbocycles. The molecule has 1 amide bonds. The third-order valence-electron chi connectivity index (χ3n) is 1.57. The van der Waals surface area contributed by atoms with Crippen molar-refractivity contribution in [3.63, 3.8) is 0 Å². The van der Waals surface area contributed by atoms with Gasteiger partial charge in [-0.15, -0.1) is 0 Å². The molecular weight excluding hydrogens is 186 g/mol. The molecule has 6 nitrogen and oxygen atoms in total. The van der Waals surface area contributed by atoms with Crippen molar-refractivity contribution in [3.8, 4) is 0 Å². The molecule has 0 radical (unpaired) electrons. The number of H-pyrrole nitrogens is 1. The fourth-order valence-electron chi connectivity index (χ4n) is 1.04. The maximum atomic E-state index is 10.7. The summed E-state index contributed by atoms with van der Waals surface area (Å²) >= 11 is 0. The number of nitrogens with one attached hydrogen (secondary N) is 2. The molecule has 1 heterocycles. The van der Waals surface area contributed by atoms with Gasteiger partial charge in [0.1, 0.15) is 0 Å². The summed E-state index contributed by atoms with van der Waals surface area (Å²) < 4.78 is 10.00. The van der Waals surface area contributed by atoms with E-state index >= 15 is 0 Å². The lowest BCUT2D eigenvalue weighted by Crippen LogP contribution is -2.08. The highest BCUT2D eigenvalue weighted by Gasteiger charge is 2.12. The van der Waals surface area contributed by atoms with E-state index < -0.39 is 6.29 Å². The van der Waals surface area contributed by atoms with Crippen LogP contribution in [-0.2, 0) is 14.3 Å². The van der Waals surface area contributed by atoms with Crippen LogP contribution in [0.1, 0.15) is 18.9 Å². The molecule has 0 aliphatic heterocycles. The number of hydrogen-bond donors (Lipinski definition) is 2. The molecule has 0 saturated carbocycles. The van der Waals surface area contributed by atoms with Crippen molar-refractivity contribution in [2.45, 2.75) is 13.2 Å². The lowest BCUT2D eigenvalue weighted by Gasteiger charge is -2.10. The standard InChI is InChI=1S/C8H13N3O3/c1-5(12)10-8-9-4-6(11-8)7(13-2)14-3/h4,7H,1-3H3,(H2,9,10,11,12). The van der Waals surface area contributed by atoms with Crippen molar-refractivity contribution in [1.82, 2.24) is 9.97 Å². The van der Waals surface area contributed by atoms with Crippen LogP contribution in [0, 0.1) is 0 Å². The number of aromatic amines is 1. The van der Waals surface area contributed by atoms with Gasteiger partial charge in [0.05, 0.1) is 11.9 Å². The molecule has 0 aliphatic rings. The van der Waals surface area contributed by atoms with Crippen molar-refractivity contribution in [3.05, 3.63) is 11.9 Å².